The highest BCUT2D eigenvalue weighted by Gasteiger charge is 2.17. The first kappa shape index (κ1) is 15.5. The largest absolute Gasteiger partial charge is 0.444 e. The van der Waals surface area contributed by atoms with E-state index in [0.717, 1.165) is 12.0 Å². The van der Waals surface area contributed by atoms with Gasteiger partial charge in [-0.25, -0.2) is 4.79 Å². The van der Waals surface area contributed by atoms with Gasteiger partial charge in [0.05, 0.1) is 6.20 Å². The molecule has 3 N–H and O–H groups in total. The third kappa shape index (κ3) is 5.74. The van der Waals surface area contributed by atoms with E-state index >= 15 is 0 Å². The van der Waals surface area contributed by atoms with E-state index in [0.29, 0.717) is 18.4 Å². The van der Waals surface area contributed by atoms with Gasteiger partial charge in [0.25, 0.3) is 0 Å². The topological polar surface area (TPSA) is 79.0 Å². The van der Waals surface area contributed by atoms with E-state index in [2.05, 4.69) is 34.7 Å². The van der Waals surface area contributed by atoms with Crippen LogP contribution in [-0.2, 0) is 11.3 Å². The quantitative estimate of drug-likeness (QED) is 0.767. The lowest BCUT2D eigenvalue weighted by atomic mass is 10.2. The zero-order valence-electron chi connectivity index (χ0n) is 12.3. The molecular weight excluding hydrogens is 244 g/mol. The van der Waals surface area contributed by atoms with Crippen LogP contribution in [0.3, 0.4) is 0 Å². The minimum Gasteiger partial charge on any atom is -0.444 e. The van der Waals surface area contributed by atoms with Crippen LogP contribution < -0.4 is 10.6 Å². The molecule has 0 radical (unpaired) electrons. The summed E-state index contributed by atoms with van der Waals surface area (Å²) < 4.78 is 5.19. The fraction of sp³-hybridized carbons (Fsp3) is 0.692. The van der Waals surface area contributed by atoms with Crippen molar-refractivity contribution in [3.8, 4) is 0 Å². The first-order valence-electron chi connectivity index (χ1n) is 6.57. The Bertz CT molecular complexity index is 409. The number of ether oxygens (including phenoxy) is 1. The molecule has 1 aromatic rings. The number of carbonyl (C=O) groups excluding carboxylic acids is 1. The Balaban J connectivity index is 2.55. The van der Waals surface area contributed by atoms with Gasteiger partial charge in [0.1, 0.15) is 11.4 Å². The van der Waals surface area contributed by atoms with Crippen molar-refractivity contribution in [2.45, 2.75) is 59.2 Å². The fourth-order valence-corrected chi connectivity index (χ4v) is 1.39. The number of anilines is 1. The molecule has 0 saturated heterocycles. The Morgan fingerprint density at radius 1 is 1.53 bits per heavy atom. The van der Waals surface area contributed by atoms with Gasteiger partial charge in [-0.2, -0.15) is 5.10 Å². The summed E-state index contributed by atoms with van der Waals surface area (Å²) in [5.41, 5.74) is 0.394. The molecule has 0 aliphatic rings. The molecule has 0 fully saturated rings. The number of hydrogen-bond donors (Lipinski definition) is 3. The molecule has 1 unspecified atom stereocenters. The fourth-order valence-electron chi connectivity index (χ4n) is 1.39. The van der Waals surface area contributed by atoms with Crippen LogP contribution in [0.2, 0.25) is 0 Å². The van der Waals surface area contributed by atoms with Crippen molar-refractivity contribution >= 4 is 11.9 Å². The average molecular weight is 268 g/mol. The highest BCUT2D eigenvalue weighted by Crippen LogP contribution is 2.14. The number of carbonyl (C=O) groups is 1. The van der Waals surface area contributed by atoms with Gasteiger partial charge in [-0.1, -0.05) is 6.92 Å². The van der Waals surface area contributed by atoms with E-state index in [-0.39, 0.29) is 0 Å². The first-order chi connectivity index (χ1) is 8.81. The number of rotatable bonds is 5. The summed E-state index contributed by atoms with van der Waals surface area (Å²) in [5, 5.41) is 12.7. The highest BCUT2D eigenvalue weighted by atomic mass is 16.6. The molecule has 108 valence electrons. The van der Waals surface area contributed by atoms with Crippen molar-refractivity contribution in [3.05, 3.63) is 11.8 Å². The van der Waals surface area contributed by atoms with Crippen molar-refractivity contribution in [1.82, 2.24) is 15.5 Å². The summed E-state index contributed by atoms with van der Waals surface area (Å²) in [6, 6.07) is 0.421. The molecule has 0 spiro atoms. The van der Waals surface area contributed by atoms with Gasteiger partial charge in [0.15, 0.2) is 0 Å². The first-order valence-corrected chi connectivity index (χ1v) is 6.57. The Morgan fingerprint density at radius 2 is 2.21 bits per heavy atom. The summed E-state index contributed by atoms with van der Waals surface area (Å²) in [4.78, 5) is 11.7. The van der Waals surface area contributed by atoms with Crippen LogP contribution in [0, 0.1) is 0 Å². The molecule has 6 heteroatoms. The molecule has 0 bridgehead atoms. The number of nitrogens with one attached hydrogen (secondary N) is 3. The van der Waals surface area contributed by atoms with Crippen molar-refractivity contribution in [1.29, 1.82) is 0 Å². The highest BCUT2D eigenvalue weighted by molar-refractivity contribution is 5.84. The maximum Gasteiger partial charge on any atom is 0.413 e. The molecule has 1 atom stereocenters. The summed E-state index contributed by atoms with van der Waals surface area (Å²) in [6.07, 6.45) is 2.26. The summed E-state index contributed by atoms with van der Waals surface area (Å²) >= 11 is 0. The number of aromatic amines is 1. The zero-order chi connectivity index (χ0) is 14.5. The van der Waals surface area contributed by atoms with E-state index in [1.165, 1.54) is 0 Å². The van der Waals surface area contributed by atoms with Crippen molar-refractivity contribution < 1.29 is 9.53 Å². The molecule has 1 amide bonds. The average Bonchev–Trinajstić information content (AvgIpc) is 2.70. The normalized spacial score (nSPS) is 13.1. The molecular formula is C13H24N4O2. The smallest absolute Gasteiger partial charge is 0.413 e. The number of aromatic nitrogens is 2. The molecule has 0 aromatic carbocycles. The maximum atomic E-state index is 11.7. The second-order valence-corrected chi connectivity index (χ2v) is 5.59. The number of amides is 1. The van der Waals surface area contributed by atoms with E-state index in [9.17, 15) is 4.79 Å². The molecule has 1 heterocycles. The van der Waals surface area contributed by atoms with Gasteiger partial charge < -0.3 is 10.1 Å². The lowest BCUT2D eigenvalue weighted by Crippen LogP contribution is -2.28. The van der Waals surface area contributed by atoms with Crippen LogP contribution in [0.15, 0.2) is 6.20 Å². The SMILES string of the molecule is CCC(C)NCc1cn[nH]c1NC(=O)OC(C)(C)C. The number of nitrogens with zero attached hydrogens (tertiary/aromatic N) is 1. The lowest BCUT2D eigenvalue weighted by molar-refractivity contribution is 0.0635. The van der Waals surface area contributed by atoms with E-state index in [4.69, 9.17) is 4.74 Å². The minimum absolute atomic E-state index is 0.421. The zero-order valence-corrected chi connectivity index (χ0v) is 12.3. The van der Waals surface area contributed by atoms with Crippen LogP contribution in [0.25, 0.3) is 0 Å². The summed E-state index contributed by atoms with van der Waals surface area (Å²) in [7, 11) is 0. The Labute approximate surface area is 114 Å². The van der Waals surface area contributed by atoms with E-state index < -0.39 is 11.7 Å². The molecule has 19 heavy (non-hydrogen) atoms. The van der Waals surface area contributed by atoms with Gasteiger partial charge in [0, 0.05) is 18.2 Å². The predicted molar refractivity (Wildman–Crippen MR) is 75.0 cm³/mol. The van der Waals surface area contributed by atoms with Crippen molar-refractivity contribution in [3.63, 3.8) is 0 Å². The van der Waals surface area contributed by atoms with Crippen molar-refractivity contribution in [2.75, 3.05) is 5.32 Å². The summed E-state index contributed by atoms with van der Waals surface area (Å²) in [6.45, 7) is 10.4. The third-order valence-electron chi connectivity index (χ3n) is 2.60. The standard InChI is InChI=1S/C13H24N4O2/c1-6-9(2)14-7-10-8-15-17-11(10)16-12(18)19-13(3,4)5/h8-9,14H,6-7H2,1-5H3,(H2,15,16,17,18). The molecule has 6 nitrogen and oxygen atoms in total. The second-order valence-electron chi connectivity index (χ2n) is 5.59. The van der Waals surface area contributed by atoms with Crippen LogP contribution in [0.5, 0.6) is 0 Å². The Kier molecular flexibility index (Phi) is 5.35. The van der Waals surface area contributed by atoms with Crippen LogP contribution in [0.1, 0.15) is 46.6 Å². The molecule has 0 aliphatic heterocycles. The van der Waals surface area contributed by atoms with Crippen molar-refractivity contribution in [2.24, 2.45) is 0 Å². The number of H-pyrrole nitrogens is 1. The minimum atomic E-state index is -0.515. The predicted octanol–water partition coefficient (Wildman–Crippen LogP) is 2.64. The molecule has 0 aliphatic carbocycles. The van der Waals surface area contributed by atoms with E-state index in [1.807, 2.05) is 20.8 Å². The van der Waals surface area contributed by atoms with Gasteiger partial charge in [-0.15, -0.1) is 0 Å². The second kappa shape index (κ2) is 6.56. The van der Waals surface area contributed by atoms with Crippen LogP contribution in [-0.4, -0.2) is 27.9 Å². The number of hydrogen-bond acceptors (Lipinski definition) is 4. The van der Waals surface area contributed by atoms with Gasteiger partial charge in [0.2, 0.25) is 0 Å². The van der Waals surface area contributed by atoms with Gasteiger partial charge in [-0.3, -0.25) is 10.4 Å². The molecule has 0 saturated carbocycles. The Hall–Kier alpha value is -1.56. The lowest BCUT2D eigenvalue weighted by Gasteiger charge is -2.19. The monoisotopic (exact) mass is 268 g/mol. The Morgan fingerprint density at radius 3 is 2.79 bits per heavy atom. The van der Waals surface area contributed by atoms with Crippen LogP contribution in [0.4, 0.5) is 10.6 Å². The van der Waals surface area contributed by atoms with Gasteiger partial charge >= 0.3 is 6.09 Å². The van der Waals surface area contributed by atoms with E-state index in [1.54, 1.807) is 6.20 Å². The summed E-state index contributed by atoms with van der Waals surface area (Å²) in [5.74, 6) is 0.574. The molecule has 1 rings (SSSR count). The maximum absolute atomic E-state index is 11.7. The van der Waals surface area contributed by atoms with Gasteiger partial charge in [-0.05, 0) is 34.1 Å². The molecule has 1 aromatic heterocycles. The third-order valence-corrected chi connectivity index (χ3v) is 2.60. The van der Waals surface area contributed by atoms with Crippen LogP contribution >= 0.6 is 0 Å².